The van der Waals surface area contributed by atoms with Gasteiger partial charge in [-0.25, -0.2) is 0 Å². The van der Waals surface area contributed by atoms with Crippen LogP contribution in [0.5, 0.6) is 0 Å². The molecule has 0 aromatic carbocycles. The minimum atomic E-state index is -0.226. The fourth-order valence-corrected chi connectivity index (χ4v) is 5.08. The molecule has 0 aliphatic carbocycles. The van der Waals surface area contributed by atoms with Crippen molar-refractivity contribution in [1.82, 2.24) is 10.2 Å². The number of carbonyl (C=O) groups excluding carboxylic acids is 2. The van der Waals surface area contributed by atoms with E-state index in [4.69, 9.17) is 23.8 Å². The minimum absolute atomic E-state index is 0.0451. The van der Waals surface area contributed by atoms with Crippen molar-refractivity contribution >= 4 is 51.7 Å². The summed E-state index contributed by atoms with van der Waals surface area (Å²) >= 11 is 12.8. The first-order valence-corrected chi connectivity index (χ1v) is 10.2. The highest BCUT2D eigenvalue weighted by atomic mass is 35.5. The average Bonchev–Trinajstić information content (AvgIpc) is 2.89. The first-order valence-electron chi connectivity index (χ1n) is 8.30. The van der Waals surface area contributed by atoms with Crippen LogP contribution in [0, 0.1) is 11.8 Å². The molecule has 4 nitrogen and oxygen atoms in total. The van der Waals surface area contributed by atoms with Crippen molar-refractivity contribution in [2.24, 2.45) is 11.8 Å². The molecule has 0 aromatic heterocycles. The number of hydrogen-bond donors (Lipinski definition) is 1. The van der Waals surface area contributed by atoms with Gasteiger partial charge in [0, 0.05) is 30.1 Å². The first-order chi connectivity index (χ1) is 11.0. The predicted molar refractivity (Wildman–Crippen MR) is 99.8 cm³/mol. The van der Waals surface area contributed by atoms with E-state index in [0.29, 0.717) is 29.0 Å². The van der Waals surface area contributed by atoms with Crippen LogP contribution in [-0.4, -0.2) is 44.8 Å². The Morgan fingerprint density at radius 3 is 2.87 bits per heavy atom. The van der Waals surface area contributed by atoms with Gasteiger partial charge in [0.25, 0.3) is 0 Å². The molecule has 2 aliphatic rings. The third-order valence-corrected chi connectivity index (χ3v) is 6.40. The van der Waals surface area contributed by atoms with E-state index in [-0.39, 0.29) is 29.8 Å². The molecule has 0 bridgehead atoms. The summed E-state index contributed by atoms with van der Waals surface area (Å²) in [6.07, 6.45) is 3.71. The topological polar surface area (TPSA) is 49.4 Å². The van der Waals surface area contributed by atoms with Crippen molar-refractivity contribution in [3.05, 3.63) is 0 Å². The van der Waals surface area contributed by atoms with Crippen LogP contribution in [0.15, 0.2) is 0 Å². The highest BCUT2D eigenvalue weighted by Crippen LogP contribution is 2.33. The highest BCUT2D eigenvalue weighted by Gasteiger charge is 2.41. The van der Waals surface area contributed by atoms with Crippen LogP contribution in [0.2, 0.25) is 0 Å². The number of hydrogen-bond acceptors (Lipinski definition) is 4. The molecule has 0 spiro atoms. The molecule has 130 valence electrons. The van der Waals surface area contributed by atoms with Gasteiger partial charge in [-0.1, -0.05) is 37.8 Å². The van der Waals surface area contributed by atoms with Gasteiger partial charge in [-0.2, -0.15) is 0 Å². The maximum atomic E-state index is 13.2. The summed E-state index contributed by atoms with van der Waals surface area (Å²) in [5.74, 6) is 1.64. The summed E-state index contributed by atoms with van der Waals surface area (Å²) in [6.45, 7) is 4.24. The van der Waals surface area contributed by atoms with Crippen LogP contribution in [0.3, 0.4) is 0 Å². The van der Waals surface area contributed by atoms with E-state index in [1.165, 1.54) is 0 Å². The zero-order chi connectivity index (χ0) is 17.0. The second-order valence-corrected chi connectivity index (χ2v) is 8.63. The van der Waals surface area contributed by atoms with Crippen molar-refractivity contribution in [3.8, 4) is 0 Å². The Kier molecular flexibility index (Phi) is 7.17. The van der Waals surface area contributed by atoms with Crippen LogP contribution in [0.1, 0.15) is 46.0 Å². The summed E-state index contributed by atoms with van der Waals surface area (Å²) in [4.78, 5) is 26.8. The molecule has 2 amide bonds. The predicted octanol–water partition coefficient (Wildman–Crippen LogP) is 3.18. The van der Waals surface area contributed by atoms with E-state index in [1.54, 1.807) is 11.8 Å². The van der Waals surface area contributed by atoms with Crippen LogP contribution in [0.4, 0.5) is 0 Å². The van der Waals surface area contributed by atoms with Gasteiger partial charge in [0.1, 0.15) is 4.32 Å². The number of amides is 2. The quantitative estimate of drug-likeness (QED) is 0.571. The lowest BCUT2D eigenvalue weighted by Crippen LogP contribution is -2.52. The van der Waals surface area contributed by atoms with E-state index in [0.717, 1.165) is 25.0 Å². The third-order valence-electron chi connectivity index (χ3n) is 4.63. The Bertz CT molecular complexity index is 473. The first kappa shape index (κ1) is 19.0. The van der Waals surface area contributed by atoms with Crippen molar-refractivity contribution in [2.45, 2.75) is 58.0 Å². The number of nitrogens with one attached hydrogen (secondary N) is 1. The largest absolute Gasteiger partial charge is 0.353 e. The van der Waals surface area contributed by atoms with Crippen molar-refractivity contribution < 1.29 is 9.59 Å². The average molecular weight is 377 g/mol. The second kappa shape index (κ2) is 8.67. The standard InChI is InChI=1S/C16H25ClN2O2S2/c1-10(2)13-9-23-16(22)19(13)15(21)11(5-4-8-17)12-6-3-7-14(20)18-12/h10-13H,3-9H2,1-2H3,(H,18,20)/t11-,12+,13-/m0/s1. The number of piperidine rings is 1. The Hall–Kier alpha value is -0.330. The maximum absolute atomic E-state index is 13.2. The molecule has 2 aliphatic heterocycles. The number of nitrogens with zero attached hydrogens (tertiary/aromatic N) is 1. The molecule has 2 saturated heterocycles. The molecule has 3 atom stereocenters. The second-order valence-electron chi connectivity index (χ2n) is 6.60. The molecule has 1 N–H and O–H groups in total. The zero-order valence-electron chi connectivity index (χ0n) is 13.7. The lowest BCUT2D eigenvalue weighted by atomic mass is 9.87. The Labute approximate surface area is 153 Å². The number of halogens is 1. The Morgan fingerprint density at radius 2 is 2.26 bits per heavy atom. The smallest absolute Gasteiger partial charge is 0.233 e. The van der Waals surface area contributed by atoms with E-state index in [9.17, 15) is 9.59 Å². The van der Waals surface area contributed by atoms with Gasteiger partial charge in [-0.3, -0.25) is 14.5 Å². The van der Waals surface area contributed by atoms with E-state index in [1.807, 2.05) is 4.90 Å². The molecule has 23 heavy (non-hydrogen) atoms. The van der Waals surface area contributed by atoms with Gasteiger partial charge < -0.3 is 5.32 Å². The molecule has 0 radical (unpaired) electrons. The van der Waals surface area contributed by atoms with Gasteiger partial charge in [-0.15, -0.1) is 11.6 Å². The summed E-state index contributed by atoms with van der Waals surface area (Å²) in [6, 6.07) is 0.0611. The van der Waals surface area contributed by atoms with Gasteiger partial charge in [0.05, 0.1) is 5.92 Å². The number of thiocarbonyl (C=S) groups is 1. The fourth-order valence-electron chi connectivity index (χ4n) is 3.29. The Balaban J connectivity index is 2.17. The van der Waals surface area contributed by atoms with Gasteiger partial charge in [0.2, 0.25) is 11.8 Å². The summed E-state index contributed by atoms with van der Waals surface area (Å²) in [7, 11) is 0. The molecule has 2 heterocycles. The van der Waals surface area contributed by atoms with Gasteiger partial charge in [-0.05, 0) is 31.6 Å². The lowest BCUT2D eigenvalue weighted by Gasteiger charge is -2.35. The molecular weight excluding hydrogens is 352 g/mol. The van der Waals surface area contributed by atoms with E-state index >= 15 is 0 Å². The zero-order valence-corrected chi connectivity index (χ0v) is 16.1. The van der Waals surface area contributed by atoms with E-state index in [2.05, 4.69) is 19.2 Å². The summed E-state index contributed by atoms with van der Waals surface area (Å²) in [5.41, 5.74) is 0. The maximum Gasteiger partial charge on any atom is 0.233 e. The van der Waals surface area contributed by atoms with Gasteiger partial charge >= 0.3 is 0 Å². The molecule has 7 heteroatoms. The monoisotopic (exact) mass is 376 g/mol. The van der Waals surface area contributed by atoms with Crippen LogP contribution < -0.4 is 5.32 Å². The molecule has 0 saturated carbocycles. The Morgan fingerprint density at radius 1 is 1.52 bits per heavy atom. The molecule has 2 fully saturated rings. The molecule has 2 rings (SSSR count). The number of alkyl halides is 1. The molecular formula is C16H25ClN2O2S2. The normalized spacial score (nSPS) is 26.5. The molecule has 0 unspecified atom stereocenters. The number of rotatable bonds is 6. The SMILES string of the molecule is CC(C)[C@@H]1CSC(=S)N1C(=O)[C@@H](CCCCl)[C@H]1CCCC(=O)N1. The summed E-state index contributed by atoms with van der Waals surface area (Å²) in [5, 5.41) is 3.01. The lowest BCUT2D eigenvalue weighted by molar-refractivity contribution is -0.135. The van der Waals surface area contributed by atoms with Gasteiger partial charge in [0.15, 0.2) is 0 Å². The number of carbonyl (C=O) groups is 2. The number of thioether (sulfide) groups is 1. The minimum Gasteiger partial charge on any atom is -0.353 e. The highest BCUT2D eigenvalue weighted by molar-refractivity contribution is 8.23. The fraction of sp³-hybridized carbons (Fsp3) is 0.812. The van der Waals surface area contributed by atoms with E-state index < -0.39 is 0 Å². The molecule has 0 aromatic rings. The summed E-state index contributed by atoms with van der Waals surface area (Å²) < 4.78 is 0.673. The third kappa shape index (κ3) is 4.60. The van der Waals surface area contributed by atoms with Crippen LogP contribution in [0.25, 0.3) is 0 Å². The van der Waals surface area contributed by atoms with Crippen LogP contribution >= 0.6 is 35.6 Å². The van der Waals surface area contributed by atoms with Crippen LogP contribution in [-0.2, 0) is 9.59 Å². The van der Waals surface area contributed by atoms with Crippen molar-refractivity contribution in [3.63, 3.8) is 0 Å². The van der Waals surface area contributed by atoms with Crippen molar-refractivity contribution in [2.75, 3.05) is 11.6 Å². The van der Waals surface area contributed by atoms with Crippen molar-refractivity contribution in [1.29, 1.82) is 0 Å².